The van der Waals surface area contributed by atoms with E-state index in [-0.39, 0.29) is 0 Å². The Kier molecular flexibility index (Phi) is 6.77. The maximum atomic E-state index is 6.00. The minimum absolute atomic E-state index is 0.975. The van der Waals surface area contributed by atoms with Gasteiger partial charge in [-0.15, -0.1) is 0 Å². The SMILES string of the molecule is CCCO[Si](C)(CCC)CCC. The van der Waals surface area contributed by atoms with Crippen LogP contribution in [-0.2, 0) is 4.43 Å². The highest BCUT2D eigenvalue weighted by atomic mass is 28.4. The molecule has 0 unspecified atom stereocenters. The van der Waals surface area contributed by atoms with Crippen LogP contribution in [0.4, 0.5) is 0 Å². The Morgan fingerprint density at radius 2 is 1.42 bits per heavy atom. The van der Waals surface area contributed by atoms with E-state index in [0.717, 1.165) is 13.0 Å². The van der Waals surface area contributed by atoms with Crippen molar-refractivity contribution in [1.29, 1.82) is 0 Å². The van der Waals surface area contributed by atoms with E-state index in [2.05, 4.69) is 27.3 Å². The molecule has 0 heterocycles. The predicted octanol–water partition coefficient (Wildman–Crippen LogP) is 3.81. The van der Waals surface area contributed by atoms with E-state index in [1.807, 2.05) is 0 Å². The van der Waals surface area contributed by atoms with E-state index >= 15 is 0 Å². The fraction of sp³-hybridized carbons (Fsp3) is 1.00. The van der Waals surface area contributed by atoms with E-state index in [0.29, 0.717) is 0 Å². The van der Waals surface area contributed by atoms with Gasteiger partial charge >= 0.3 is 0 Å². The van der Waals surface area contributed by atoms with Crippen LogP contribution in [0.1, 0.15) is 40.0 Å². The van der Waals surface area contributed by atoms with Crippen molar-refractivity contribution in [2.45, 2.75) is 58.7 Å². The molecule has 0 radical (unpaired) electrons. The second-order valence-corrected chi connectivity index (χ2v) is 7.99. The molecule has 74 valence electrons. The Morgan fingerprint density at radius 1 is 0.917 bits per heavy atom. The quantitative estimate of drug-likeness (QED) is 0.552. The fourth-order valence-corrected chi connectivity index (χ4v) is 5.03. The molecule has 0 saturated carbocycles. The monoisotopic (exact) mass is 188 g/mol. The molecule has 0 N–H and O–H groups in total. The van der Waals surface area contributed by atoms with Gasteiger partial charge in [-0.1, -0.05) is 33.6 Å². The van der Waals surface area contributed by atoms with Crippen molar-refractivity contribution in [3.63, 3.8) is 0 Å². The minimum atomic E-state index is -1.27. The average Bonchev–Trinajstić information content (AvgIpc) is 2.02. The standard InChI is InChI=1S/C10H24OSi/c1-5-8-11-12(4,9-6-2)10-7-3/h5-10H2,1-4H3. The Labute approximate surface area is 78.6 Å². The number of hydrogen-bond acceptors (Lipinski definition) is 1. The first-order valence-corrected chi connectivity index (χ1v) is 8.14. The van der Waals surface area contributed by atoms with Gasteiger partial charge in [-0.3, -0.25) is 0 Å². The van der Waals surface area contributed by atoms with Crippen LogP contribution in [0, 0.1) is 0 Å². The Hall–Kier alpha value is 0.177. The Balaban J connectivity index is 3.80. The summed E-state index contributed by atoms with van der Waals surface area (Å²) in [5.74, 6) is 0. The molecule has 0 aromatic heterocycles. The summed E-state index contributed by atoms with van der Waals surface area (Å²) < 4.78 is 6.00. The minimum Gasteiger partial charge on any atom is -0.417 e. The van der Waals surface area contributed by atoms with E-state index < -0.39 is 8.32 Å². The van der Waals surface area contributed by atoms with Crippen LogP contribution in [0.5, 0.6) is 0 Å². The highest BCUT2D eigenvalue weighted by molar-refractivity contribution is 6.72. The molecular weight excluding hydrogens is 164 g/mol. The van der Waals surface area contributed by atoms with Gasteiger partial charge in [-0.25, -0.2) is 0 Å². The molecular formula is C10H24OSi. The Bertz CT molecular complexity index is 98.0. The third-order valence-electron chi connectivity index (χ3n) is 2.21. The molecule has 2 heteroatoms. The lowest BCUT2D eigenvalue weighted by molar-refractivity contribution is 0.300. The van der Waals surface area contributed by atoms with Crippen LogP contribution in [0.3, 0.4) is 0 Å². The van der Waals surface area contributed by atoms with Crippen molar-refractivity contribution in [2.24, 2.45) is 0 Å². The van der Waals surface area contributed by atoms with Crippen LogP contribution < -0.4 is 0 Å². The van der Waals surface area contributed by atoms with Crippen molar-refractivity contribution >= 4 is 8.32 Å². The number of rotatable bonds is 7. The van der Waals surface area contributed by atoms with Gasteiger partial charge in [-0.2, -0.15) is 0 Å². The molecule has 1 nitrogen and oxygen atoms in total. The molecule has 0 aromatic carbocycles. The van der Waals surface area contributed by atoms with Crippen LogP contribution >= 0.6 is 0 Å². The molecule has 12 heavy (non-hydrogen) atoms. The van der Waals surface area contributed by atoms with Crippen LogP contribution in [0.15, 0.2) is 0 Å². The molecule has 0 spiro atoms. The summed E-state index contributed by atoms with van der Waals surface area (Å²) in [5.41, 5.74) is 0. The van der Waals surface area contributed by atoms with Crippen molar-refractivity contribution < 1.29 is 4.43 Å². The average molecular weight is 188 g/mol. The molecule has 0 aliphatic heterocycles. The fourth-order valence-electron chi connectivity index (χ4n) is 1.68. The molecule has 0 aliphatic carbocycles. The second-order valence-electron chi connectivity index (χ2n) is 3.80. The predicted molar refractivity (Wildman–Crippen MR) is 58.1 cm³/mol. The van der Waals surface area contributed by atoms with Crippen LogP contribution in [0.2, 0.25) is 18.6 Å². The first kappa shape index (κ1) is 12.2. The van der Waals surface area contributed by atoms with E-state index in [1.165, 1.54) is 24.9 Å². The van der Waals surface area contributed by atoms with Gasteiger partial charge in [0.15, 0.2) is 8.32 Å². The first-order chi connectivity index (χ1) is 5.68. The highest BCUT2D eigenvalue weighted by Gasteiger charge is 2.26. The smallest absolute Gasteiger partial charge is 0.189 e. The van der Waals surface area contributed by atoms with E-state index in [1.54, 1.807) is 0 Å². The zero-order valence-corrected chi connectivity index (χ0v) is 10.2. The van der Waals surface area contributed by atoms with Gasteiger partial charge < -0.3 is 4.43 Å². The maximum Gasteiger partial charge on any atom is 0.189 e. The summed E-state index contributed by atoms with van der Waals surface area (Å²) in [6, 6.07) is 2.67. The lowest BCUT2D eigenvalue weighted by atomic mass is 10.5. The lowest BCUT2D eigenvalue weighted by Crippen LogP contribution is -2.34. The molecule has 0 saturated heterocycles. The van der Waals surface area contributed by atoms with Gasteiger partial charge in [0, 0.05) is 6.61 Å². The molecule has 0 aliphatic rings. The van der Waals surface area contributed by atoms with E-state index in [4.69, 9.17) is 4.43 Å². The largest absolute Gasteiger partial charge is 0.417 e. The van der Waals surface area contributed by atoms with Gasteiger partial charge in [-0.05, 0) is 25.1 Å². The van der Waals surface area contributed by atoms with Crippen molar-refractivity contribution in [3.05, 3.63) is 0 Å². The summed E-state index contributed by atoms with van der Waals surface area (Å²) in [6.45, 7) is 10.1. The zero-order valence-electron chi connectivity index (χ0n) is 9.15. The highest BCUT2D eigenvalue weighted by Crippen LogP contribution is 2.20. The van der Waals surface area contributed by atoms with Gasteiger partial charge in [0.05, 0.1) is 0 Å². The van der Waals surface area contributed by atoms with Crippen molar-refractivity contribution in [1.82, 2.24) is 0 Å². The van der Waals surface area contributed by atoms with Crippen LogP contribution in [0.25, 0.3) is 0 Å². The van der Waals surface area contributed by atoms with Gasteiger partial charge in [0.25, 0.3) is 0 Å². The summed E-state index contributed by atoms with van der Waals surface area (Å²) in [4.78, 5) is 0. The molecule has 0 aromatic rings. The summed E-state index contributed by atoms with van der Waals surface area (Å²) >= 11 is 0. The molecule has 0 rings (SSSR count). The Morgan fingerprint density at radius 3 is 1.75 bits per heavy atom. The lowest BCUT2D eigenvalue weighted by Gasteiger charge is -2.26. The summed E-state index contributed by atoms with van der Waals surface area (Å²) in [5, 5.41) is 0. The molecule has 0 amide bonds. The van der Waals surface area contributed by atoms with Gasteiger partial charge in [0.1, 0.15) is 0 Å². The van der Waals surface area contributed by atoms with Crippen molar-refractivity contribution in [3.8, 4) is 0 Å². The molecule has 0 bridgehead atoms. The van der Waals surface area contributed by atoms with Crippen molar-refractivity contribution in [2.75, 3.05) is 6.61 Å². The second kappa shape index (κ2) is 6.67. The summed E-state index contributed by atoms with van der Waals surface area (Å²) in [7, 11) is -1.27. The molecule has 0 atom stereocenters. The zero-order chi connectivity index (χ0) is 9.45. The first-order valence-electron chi connectivity index (χ1n) is 5.32. The van der Waals surface area contributed by atoms with Crippen LogP contribution in [-0.4, -0.2) is 14.9 Å². The third kappa shape index (κ3) is 4.94. The number of hydrogen-bond donors (Lipinski definition) is 0. The van der Waals surface area contributed by atoms with E-state index in [9.17, 15) is 0 Å². The summed E-state index contributed by atoms with van der Waals surface area (Å²) in [6.07, 6.45) is 3.73. The third-order valence-corrected chi connectivity index (χ3v) is 6.23. The normalized spacial score (nSPS) is 12.0. The molecule has 0 fully saturated rings. The maximum absolute atomic E-state index is 6.00. The van der Waals surface area contributed by atoms with Gasteiger partial charge in [0.2, 0.25) is 0 Å². The topological polar surface area (TPSA) is 9.23 Å².